The quantitative estimate of drug-likeness (QED) is 0.0627. The highest BCUT2D eigenvalue weighted by molar-refractivity contribution is 7.13. The van der Waals surface area contributed by atoms with Gasteiger partial charge in [-0.25, -0.2) is 4.98 Å². The first-order valence-corrected chi connectivity index (χ1v) is 32.3. The number of carbonyl (C=O) groups excluding carboxylic acids is 2. The molecule has 5 saturated heterocycles. The van der Waals surface area contributed by atoms with Crippen molar-refractivity contribution >= 4 is 40.3 Å². The normalized spacial score (nSPS) is 23.9. The number of piperidine rings is 4. The van der Waals surface area contributed by atoms with E-state index >= 15 is 0 Å². The third kappa shape index (κ3) is 13.3. The van der Waals surface area contributed by atoms with Crippen LogP contribution in [0.25, 0.3) is 21.7 Å². The van der Waals surface area contributed by atoms with Gasteiger partial charge >= 0.3 is 0 Å². The number of rotatable bonds is 17. The summed E-state index contributed by atoms with van der Waals surface area (Å²) in [6, 6.07) is 15.6. The molecule has 5 unspecified atom stereocenters. The van der Waals surface area contributed by atoms with Crippen LogP contribution in [0, 0.1) is 41.9 Å². The molecule has 11 rings (SSSR count). The summed E-state index contributed by atoms with van der Waals surface area (Å²) in [6.45, 7) is 22.8. The van der Waals surface area contributed by atoms with Crippen LogP contribution in [-0.4, -0.2) is 152 Å². The maximum absolute atomic E-state index is 14.4. The van der Waals surface area contributed by atoms with Gasteiger partial charge in [-0.1, -0.05) is 55.4 Å². The van der Waals surface area contributed by atoms with E-state index in [1.165, 1.54) is 90.6 Å². The first kappa shape index (κ1) is 58.8. The highest BCUT2D eigenvalue weighted by Crippen LogP contribution is 2.52. The smallest absolute Gasteiger partial charge is 0.243 e. The number of nitrogens with zero attached hydrogens (tertiary/aromatic N) is 9. The molecule has 8 heterocycles. The van der Waals surface area contributed by atoms with Crippen LogP contribution in [0.1, 0.15) is 146 Å². The van der Waals surface area contributed by atoms with Crippen molar-refractivity contribution in [2.24, 2.45) is 57.4 Å². The Kier molecular flexibility index (Phi) is 18.2. The van der Waals surface area contributed by atoms with E-state index in [4.69, 9.17) is 27.1 Å². The number of aryl methyl sites for hydroxylation is 1. The summed E-state index contributed by atoms with van der Waals surface area (Å²) in [5.41, 5.74) is 26.6. The largest absolute Gasteiger partial charge is 0.507 e. The highest BCUT2D eigenvalue weighted by Gasteiger charge is 2.49. The molecule has 0 bridgehead atoms. The van der Waals surface area contributed by atoms with E-state index in [1.54, 1.807) is 35.6 Å². The van der Waals surface area contributed by atoms with E-state index in [9.17, 15) is 14.7 Å². The third-order valence-corrected chi connectivity index (χ3v) is 21.6. The Labute approximate surface area is 496 Å². The van der Waals surface area contributed by atoms with Gasteiger partial charge in [0, 0.05) is 73.8 Å². The fraction of sp³-hybridized carbons (Fsp3) is 0.615. The molecule has 2 aromatic heterocycles. The molecule has 8 N–H and O–H groups in total. The number of para-hydroxylation sites is 1. The Morgan fingerprint density at radius 3 is 2.17 bits per heavy atom. The van der Waals surface area contributed by atoms with Crippen molar-refractivity contribution < 1.29 is 19.5 Å². The average Bonchev–Trinajstić information content (AvgIpc) is 4.02. The van der Waals surface area contributed by atoms with Crippen molar-refractivity contribution in [3.63, 3.8) is 0 Å². The number of aromatic hydroxyl groups is 1. The van der Waals surface area contributed by atoms with Crippen molar-refractivity contribution in [1.82, 2.24) is 44.6 Å². The van der Waals surface area contributed by atoms with Crippen LogP contribution >= 0.6 is 11.3 Å². The second-order valence-corrected chi connectivity index (χ2v) is 27.1. The van der Waals surface area contributed by atoms with Crippen molar-refractivity contribution in [2.75, 3.05) is 72.0 Å². The summed E-state index contributed by atoms with van der Waals surface area (Å²) in [7, 11) is 0. The number of thiazole rings is 1. The third-order valence-electron chi connectivity index (χ3n) is 20.6. The van der Waals surface area contributed by atoms with Crippen LogP contribution < -0.4 is 22.5 Å². The lowest BCUT2D eigenvalue weighted by molar-refractivity contribution is -0.147. The minimum absolute atomic E-state index is 0.0113. The second kappa shape index (κ2) is 25.7. The number of oxime groups is 1. The molecule has 83 heavy (non-hydrogen) atoms. The number of hydrogen-bond donors (Lipinski definition) is 5. The molecular formula is C65H93N13O4S. The summed E-state index contributed by atoms with van der Waals surface area (Å²) in [4.78, 5) is 52.6. The maximum Gasteiger partial charge on any atom is 0.243 e. The lowest BCUT2D eigenvalue weighted by Gasteiger charge is -2.56. The maximum atomic E-state index is 14.4. The fourth-order valence-corrected chi connectivity index (χ4v) is 16.1. The summed E-state index contributed by atoms with van der Waals surface area (Å²) < 4.78 is 2.06. The number of amides is 2. The molecular weight excluding hydrogens is 1060 g/mol. The van der Waals surface area contributed by atoms with Crippen LogP contribution in [0.5, 0.6) is 5.75 Å². The van der Waals surface area contributed by atoms with E-state index in [0.29, 0.717) is 53.5 Å². The summed E-state index contributed by atoms with van der Waals surface area (Å²) in [6.07, 6.45) is 20.0. The Bertz CT molecular complexity index is 2940. The summed E-state index contributed by atoms with van der Waals surface area (Å²) in [5, 5.41) is 22.9. The fourth-order valence-electron chi connectivity index (χ4n) is 15.3. The molecule has 2 amide bonds. The molecule has 1 aliphatic carbocycles. The second-order valence-electron chi connectivity index (χ2n) is 26.3. The number of hydrogen-bond acceptors (Lipinski definition) is 15. The monoisotopic (exact) mass is 1150 g/mol. The Balaban J connectivity index is 0.558. The number of phenolic OH excluding ortho intramolecular Hbond substituents is 1. The van der Waals surface area contributed by atoms with Gasteiger partial charge in [-0.2, -0.15) is 5.10 Å². The van der Waals surface area contributed by atoms with Gasteiger partial charge in [0.1, 0.15) is 29.6 Å². The van der Waals surface area contributed by atoms with Gasteiger partial charge in [-0.3, -0.25) is 14.3 Å². The Hall–Kier alpha value is -5.95. The van der Waals surface area contributed by atoms with Gasteiger partial charge in [-0.05, 0) is 196 Å². The average molecular weight is 1150 g/mol. The Morgan fingerprint density at radius 1 is 0.843 bits per heavy atom. The van der Waals surface area contributed by atoms with Gasteiger partial charge < -0.3 is 57.0 Å². The van der Waals surface area contributed by atoms with E-state index in [0.717, 1.165) is 90.5 Å². The zero-order valence-corrected chi connectivity index (χ0v) is 50.8. The number of nitrogens with one attached hydrogen (secondary N) is 1. The number of aromatic nitrogens is 3. The number of allylic oxidation sites excluding steroid dienone is 2. The number of nitrogens with two attached hydrogens (primary N) is 3. The van der Waals surface area contributed by atoms with Crippen molar-refractivity contribution in [3.8, 4) is 16.2 Å². The van der Waals surface area contributed by atoms with Crippen molar-refractivity contribution in [3.05, 3.63) is 101 Å². The standard InChI is InChI=1S/C65H93N13O4S/c1-42(2)60(64(81)77-24-8-10-56(77)63(80)71-43(3)48-12-14-50(15-13-48)61-44(4)69-41-83-61)58-34-59(72-82-58)76-27-18-47(19-28-76)38-73-25-16-46(17-26-73)39-74-31-22-65(23-32-74)35-52(36-65)75-29-20-49(21-30-75)45(5)78-40-51(37-70-78)54(62(67)68)33-55(66)53-9-6-7-11-57(53)79/h6-7,9,11-15,33,37,40-43,45-47,49,52,56,58,60,79H,8,10,16-32,34-36,38-39,66-68H2,1-5H3,(H,71,80)/b55-33-. The minimum atomic E-state index is -0.488. The van der Waals surface area contributed by atoms with Gasteiger partial charge in [0.2, 0.25) is 11.8 Å². The molecule has 6 fully saturated rings. The molecule has 4 aromatic rings. The first-order valence-electron chi connectivity index (χ1n) is 31.4. The van der Waals surface area contributed by atoms with Gasteiger partial charge in [0.15, 0.2) is 0 Å². The van der Waals surface area contributed by atoms with Crippen LogP contribution in [0.15, 0.2) is 83.5 Å². The SMILES string of the molecule is Cc1ncsc1-c1ccc(C(C)NC(=O)C2CCCN2C(=O)C(C(C)C)C2CC(N3CCC(CN4CCC(CN5CCC6(CC5)CC(N5CCC(C(C)n7cc(C(/C=C(\N)c8ccccc8O)=C(N)N)cn7)CC5)C6)CC4)CC3)=NO2)cc1. The number of likely N-dealkylation sites (tertiary alicyclic amines) is 5. The minimum Gasteiger partial charge on any atom is -0.507 e. The Morgan fingerprint density at radius 2 is 1.52 bits per heavy atom. The summed E-state index contributed by atoms with van der Waals surface area (Å²) in [5.74, 6) is 2.88. The molecule has 0 radical (unpaired) electrons. The predicted octanol–water partition coefficient (Wildman–Crippen LogP) is 8.79. The number of phenols is 1. The van der Waals surface area contributed by atoms with Gasteiger partial charge in [-0.15, -0.1) is 11.3 Å². The van der Waals surface area contributed by atoms with Gasteiger partial charge in [0.05, 0.1) is 40.3 Å². The molecule has 1 saturated carbocycles. The topological polar surface area (TPSA) is 213 Å². The van der Waals surface area contributed by atoms with Crippen molar-refractivity contribution in [1.29, 1.82) is 0 Å². The van der Waals surface area contributed by atoms with Gasteiger partial charge in [0.25, 0.3) is 0 Å². The molecule has 5 atom stereocenters. The van der Waals surface area contributed by atoms with E-state index < -0.39 is 6.04 Å². The molecule has 18 heteroatoms. The van der Waals surface area contributed by atoms with Crippen LogP contribution in [0.4, 0.5) is 0 Å². The van der Waals surface area contributed by atoms with Crippen LogP contribution in [0.2, 0.25) is 0 Å². The lowest BCUT2D eigenvalue weighted by Crippen LogP contribution is -2.56. The molecule has 2 aromatic carbocycles. The predicted molar refractivity (Wildman–Crippen MR) is 330 cm³/mol. The zero-order chi connectivity index (χ0) is 57.9. The summed E-state index contributed by atoms with van der Waals surface area (Å²) >= 11 is 1.63. The number of benzene rings is 2. The van der Waals surface area contributed by atoms with Crippen molar-refractivity contribution in [2.45, 2.75) is 148 Å². The number of amidine groups is 1. The molecule has 17 nitrogen and oxygen atoms in total. The van der Waals surface area contributed by atoms with E-state index in [2.05, 4.69) is 84.8 Å². The lowest BCUT2D eigenvalue weighted by atomic mass is 9.59. The zero-order valence-electron chi connectivity index (χ0n) is 50.0. The molecule has 448 valence electrons. The highest BCUT2D eigenvalue weighted by atomic mass is 32.1. The molecule has 1 spiro atoms. The number of carbonyl (C=O) groups is 2. The van der Waals surface area contributed by atoms with E-state index in [-0.39, 0.29) is 53.4 Å². The molecule has 7 aliphatic rings. The van der Waals surface area contributed by atoms with Crippen LogP contribution in [0.3, 0.4) is 0 Å². The van der Waals surface area contributed by atoms with E-state index in [1.807, 2.05) is 42.7 Å². The van der Waals surface area contributed by atoms with Crippen LogP contribution in [-0.2, 0) is 14.4 Å². The first-order chi connectivity index (χ1) is 40.1. The molecule has 6 aliphatic heterocycles.